The summed E-state index contributed by atoms with van der Waals surface area (Å²) in [6, 6.07) is 1.20. The molecular weight excluding hydrogens is 258 g/mol. The van der Waals surface area contributed by atoms with Crippen LogP contribution in [0.15, 0.2) is 0 Å². The van der Waals surface area contributed by atoms with Gasteiger partial charge in [-0.05, 0) is 25.7 Å². The second kappa shape index (κ2) is 9.61. The number of hydrogen-bond acceptors (Lipinski definition) is 2. The van der Waals surface area contributed by atoms with Crippen molar-refractivity contribution in [2.45, 2.75) is 109 Å². The van der Waals surface area contributed by atoms with Gasteiger partial charge in [-0.15, -0.1) is 0 Å². The summed E-state index contributed by atoms with van der Waals surface area (Å²) < 4.78 is 0. The molecule has 0 aromatic carbocycles. The molecule has 2 saturated heterocycles. The van der Waals surface area contributed by atoms with Crippen LogP contribution in [0, 0.1) is 5.92 Å². The number of carbonyl (C=O) groups excluding carboxylic acids is 1. The molecule has 0 aromatic heterocycles. The zero-order valence-electron chi connectivity index (χ0n) is 14.0. The Balaban J connectivity index is 1.39. The third kappa shape index (κ3) is 5.73. The zero-order valence-corrected chi connectivity index (χ0v) is 14.0. The SMILES string of the molecule is CCCCCCCCCCCCC(=O)C1CC2CCC1N2. The topological polar surface area (TPSA) is 29.1 Å². The first kappa shape index (κ1) is 17.0. The van der Waals surface area contributed by atoms with Gasteiger partial charge in [0.25, 0.3) is 0 Å². The third-order valence-electron chi connectivity index (χ3n) is 5.49. The second-order valence-electron chi connectivity index (χ2n) is 7.29. The lowest BCUT2D eigenvalue weighted by Gasteiger charge is -2.18. The summed E-state index contributed by atoms with van der Waals surface area (Å²) >= 11 is 0. The monoisotopic (exact) mass is 293 g/mol. The number of unbranched alkanes of at least 4 members (excludes halogenated alkanes) is 9. The summed E-state index contributed by atoms with van der Waals surface area (Å²) in [6.45, 7) is 2.27. The summed E-state index contributed by atoms with van der Waals surface area (Å²) in [5, 5.41) is 3.58. The van der Waals surface area contributed by atoms with E-state index in [2.05, 4.69) is 12.2 Å². The lowest BCUT2D eigenvalue weighted by Crippen LogP contribution is -2.28. The average Bonchev–Trinajstić information content (AvgIpc) is 3.12. The molecule has 2 heteroatoms. The van der Waals surface area contributed by atoms with Crippen LogP contribution < -0.4 is 5.32 Å². The van der Waals surface area contributed by atoms with Gasteiger partial charge in [0.1, 0.15) is 5.78 Å². The summed E-state index contributed by atoms with van der Waals surface area (Å²) in [5.41, 5.74) is 0. The molecular formula is C19H35NO. The molecule has 3 atom stereocenters. The van der Waals surface area contributed by atoms with Crippen LogP contribution in [0.5, 0.6) is 0 Å². The van der Waals surface area contributed by atoms with Crippen molar-refractivity contribution in [3.63, 3.8) is 0 Å². The molecule has 2 nitrogen and oxygen atoms in total. The lowest BCUT2D eigenvalue weighted by molar-refractivity contribution is -0.123. The summed E-state index contributed by atoms with van der Waals surface area (Å²) in [6.07, 6.45) is 18.0. The molecule has 1 N–H and O–H groups in total. The van der Waals surface area contributed by atoms with Crippen molar-refractivity contribution < 1.29 is 4.79 Å². The average molecular weight is 293 g/mol. The van der Waals surface area contributed by atoms with Gasteiger partial charge in [-0.25, -0.2) is 0 Å². The molecule has 0 aliphatic carbocycles. The minimum absolute atomic E-state index is 0.363. The van der Waals surface area contributed by atoms with Crippen LogP contribution in [-0.2, 0) is 4.79 Å². The molecule has 2 rings (SSSR count). The van der Waals surface area contributed by atoms with Gasteiger partial charge < -0.3 is 5.32 Å². The zero-order chi connectivity index (χ0) is 14.9. The van der Waals surface area contributed by atoms with Crippen molar-refractivity contribution in [2.75, 3.05) is 0 Å². The fourth-order valence-corrected chi connectivity index (χ4v) is 4.15. The Bertz CT molecular complexity index is 302. The predicted octanol–water partition coefficient (Wildman–Crippen LogP) is 5.01. The number of Topliss-reactive ketones (excluding diaryl/α,β-unsaturated/α-hetero) is 1. The van der Waals surface area contributed by atoms with E-state index < -0.39 is 0 Å². The van der Waals surface area contributed by atoms with Gasteiger partial charge in [0.2, 0.25) is 0 Å². The Kier molecular flexibility index (Phi) is 7.77. The van der Waals surface area contributed by atoms with Gasteiger partial charge in [-0.3, -0.25) is 4.79 Å². The molecule has 0 saturated carbocycles. The molecule has 2 heterocycles. The Morgan fingerprint density at radius 1 is 0.905 bits per heavy atom. The molecule has 2 bridgehead atoms. The van der Waals surface area contributed by atoms with E-state index in [1.54, 1.807) is 0 Å². The van der Waals surface area contributed by atoms with Crippen molar-refractivity contribution in [3.05, 3.63) is 0 Å². The van der Waals surface area contributed by atoms with Gasteiger partial charge in [-0.1, -0.05) is 64.7 Å². The van der Waals surface area contributed by atoms with Gasteiger partial charge in [0.05, 0.1) is 0 Å². The first-order valence-electron chi connectivity index (χ1n) is 9.60. The van der Waals surface area contributed by atoms with Crippen molar-refractivity contribution in [1.82, 2.24) is 5.32 Å². The van der Waals surface area contributed by atoms with Crippen molar-refractivity contribution >= 4 is 5.78 Å². The number of nitrogens with one attached hydrogen (secondary N) is 1. The summed E-state index contributed by atoms with van der Waals surface area (Å²) in [7, 11) is 0. The van der Waals surface area contributed by atoms with E-state index in [1.807, 2.05) is 0 Å². The molecule has 0 amide bonds. The predicted molar refractivity (Wildman–Crippen MR) is 89.5 cm³/mol. The molecule has 3 unspecified atom stereocenters. The van der Waals surface area contributed by atoms with Crippen molar-refractivity contribution in [1.29, 1.82) is 0 Å². The summed E-state index contributed by atoms with van der Waals surface area (Å²) in [4.78, 5) is 12.2. The van der Waals surface area contributed by atoms with Crippen LogP contribution in [0.2, 0.25) is 0 Å². The number of rotatable bonds is 12. The molecule has 122 valence electrons. The van der Waals surface area contributed by atoms with Crippen molar-refractivity contribution in [2.24, 2.45) is 5.92 Å². The van der Waals surface area contributed by atoms with Gasteiger partial charge in [0, 0.05) is 24.4 Å². The number of fused-ring (bicyclic) bond motifs is 2. The van der Waals surface area contributed by atoms with E-state index in [0.717, 1.165) is 19.3 Å². The smallest absolute Gasteiger partial charge is 0.137 e. The quantitative estimate of drug-likeness (QED) is 0.513. The second-order valence-corrected chi connectivity index (χ2v) is 7.29. The van der Waals surface area contributed by atoms with E-state index >= 15 is 0 Å². The van der Waals surface area contributed by atoms with Crippen LogP contribution >= 0.6 is 0 Å². The fourth-order valence-electron chi connectivity index (χ4n) is 4.15. The highest BCUT2D eigenvalue weighted by atomic mass is 16.1. The maximum absolute atomic E-state index is 12.2. The van der Waals surface area contributed by atoms with E-state index in [0.29, 0.717) is 23.8 Å². The van der Waals surface area contributed by atoms with Gasteiger partial charge in [0.15, 0.2) is 0 Å². The molecule has 0 spiro atoms. The molecule has 2 aliphatic rings. The molecule has 0 aromatic rings. The largest absolute Gasteiger partial charge is 0.310 e. The highest BCUT2D eigenvalue weighted by Crippen LogP contribution is 2.34. The Labute approximate surface area is 131 Å². The molecule has 2 aliphatic heterocycles. The van der Waals surface area contributed by atoms with Gasteiger partial charge >= 0.3 is 0 Å². The standard InChI is InChI=1S/C19H35NO/c1-2-3-4-5-6-7-8-9-10-11-12-19(21)17-15-16-13-14-18(17)20-16/h16-18,20H,2-15H2,1H3. The van der Waals surface area contributed by atoms with Gasteiger partial charge in [-0.2, -0.15) is 0 Å². The minimum atomic E-state index is 0.363. The van der Waals surface area contributed by atoms with E-state index in [-0.39, 0.29) is 0 Å². The van der Waals surface area contributed by atoms with E-state index in [9.17, 15) is 4.79 Å². The highest BCUT2D eigenvalue weighted by molar-refractivity contribution is 5.82. The normalized spacial score (nSPS) is 27.4. The number of carbonyl (C=O) groups is 1. The maximum atomic E-state index is 12.2. The molecule has 21 heavy (non-hydrogen) atoms. The first-order valence-corrected chi connectivity index (χ1v) is 9.60. The first-order chi connectivity index (χ1) is 10.3. The van der Waals surface area contributed by atoms with Crippen LogP contribution in [0.4, 0.5) is 0 Å². The summed E-state index contributed by atoms with van der Waals surface area (Å²) in [5.74, 6) is 0.914. The fraction of sp³-hybridized carbons (Fsp3) is 0.947. The molecule has 2 fully saturated rings. The lowest BCUT2D eigenvalue weighted by atomic mass is 9.84. The van der Waals surface area contributed by atoms with E-state index in [1.165, 1.54) is 70.6 Å². The third-order valence-corrected chi connectivity index (χ3v) is 5.49. The molecule has 0 radical (unpaired) electrons. The Hall–Kier alpha value is -0.370. The van der Waals surface area contributed by atoms with Crippen LogP contribution in [0.25, 0.3) is 0 Å². The minimum Gasteiger partial charge on any atom is -0.310 e. The maximum Gasteiger partial charge on any atom is 0.137 e. The Morgan fingerprint density at radius 3 is 2.05 bits per heavy atom. The highest BCUT2D eigenvalue weighted by Gasteiger charge is 2.41. The number of ketones is 1. The van der Waals surface area contributed by atoms with Crippen molar-refractivity contribution in [3.8, 4) is 0 Å². The Morgan fingerprint density at radius 2 is 1.52 bits per heavy atom. The number of hydrogen-bond donors (Lipinski definition) is 1. The van der Waals surface area contributed by atoms with E-state index in [4.69, 9.17) is 0 Å². The van der Waals surface area contributed by atoms with Crippen LogP contribution in [0.1, 0.15) is 96.8 Å². The van der Waals surface area contributed by atoms with Crippen LogP contribution in [-0.4, -0.2) is 17.9 Å². The van der Waals surface area contributed by atoms with Crippen LogP contribution in [0.3, 0.4) is 0 Å².